The number of rotatable bonds is 6. The van der Waals surface area contributed by atoms with E-state index >= 15 is 0 Å². The number of para-hydroxylation sites is 1. The Morgan fingerprint density at radius 1 is 1.00 bits per heavy atom. The number of amides is 2. The van der Waals surface area contributed by atoms with Crippen LogP contribution in [0.15, 0.2) is 60.7 Å². The van der Waals surface area contributed by atoms with Crippen molar-refractivity contribution in [3.8, 4) is 17.0 Å². The minimum atomic E-state index is -0.563. The molecule has 164 valence electrons. The molecule has 8 heteroatoms. The molecule has 0 spiro atoms. The zero-order valence-corrected chi connectivity index (χ0v) is 17.8. The van der Waals surface area contributed by atoms with Crippen molar-refractivity contribution in [2.75, 3.05) is 30.4 Å². The lowest BCUT2D eigenvalue weighted by Gasteiger charge is -2.32. The van der Waals surface area contributed by atoms with Crippen LogP contribution in [0.5, 0.6) is 5.75 Å². The van der Waals surface area contributed by atoms with Gasteiger partial charge in [0, 0.05) is 24.6 Å². The van der Waals surface area contributed by atoms with E-state index in [9.17, 15) is 9.59 Å². The van der Waals surface area contributed by atoms with Crippen molar-refractivity contribution in [3.05, 3.63) is 66.2 Å². The largest absolute Gasteiger partial charge is 0.497 e. The van der Waals surface area contributed by atoms with Crippen LogP contribution in [-0.2, 0) is 4.79 Å². The molecule has 1 saturated heterocycles. The molecule has 1 fully saturated rings. The molecule has 0 saturated carbocycles. The molecule has 0 radical (unpaired) electrons. The highest BCUT2D eigenvalue weighted by Crippen LogP contribution is 2.26. The van der Waals surface area contributed by atoms with Gasteiger partial charge in [0.15, 0.2) is 5.82 Å². The Bertz CT molecular complexity index is 1090. The zero-order chi connectivity index (χ0) is 22.5. The molecular weight excluding hydrogens is 406 g/mol. The molecule has 1 aliphatic rings. The van der Waals surface area contributed by atoms with Crippen molar-refractivity contribution in [2.24, 2.45) is 11.7 Å². The van der Waals surface area contributed by atoms with E-state index in [0.29, 0.717) is 37.2 Å². The van der Waals surface area contributed by atoms with Gasteiger partial charge in [0.2, 0.25) is 5.91 Å². The number of nitrogens with zero attached hydrogens (tertiary/aromatic N) is 3. The van der Waals surface area contributed by atoms with Gasteiger partial charge in [-0.3, -0.25) is 9.59 Å². The summed E-state index contributed by atoms with van der Waals surface area (Å²) in [5.41, 5.74) is 7.92. The zero-order valence-electron chi connectivity index (χ0n) is 17.8. The van der Waals surface area contributed by atoms with Crippen molar-refractivity contribution in [3.63, 3.8) is 0 Å². The summed E-state index contributed by atoms with van der Waals surface area (Å²) in [5, 5.41) is 11.6. The Kier molecular flexibility index (Phi) is 6.30. The topological polar surface area (TPSA) is 110 Å². The van der Waals surface area contributed by atoms with Gasteiger partial charge in [-0.15, -0.1) is 10.2 Å². The van der Waals surface area contributed by atoms with Gasteiger partial charge in [0.1, 0.15) is 5.75 Å². The third-order valence-electron chi connectivity index (χ3n) is 5.68. The van der Waals surface area contributed by atoms with Gasteiger partial charge in [0.05, 0.1) is 24.1 Å². The van der Waals surface area contributed by atoms with Crippen molar-refractivity contribution >= 4 is 23.3 Å². The minimum absolute atomic E-state index is 0.0979. The maximum Gasteiger partial charge on any atom is 0.250 e. The molecule has 4 rings (SSSR count). The molecule has 3 aromatic rings. The summed E-state index contributed by atoms with van der Waals surface area (Å²) in [7, 11) is 1.64. The number of carbonyl (C=O) groups is 2. The number of piperidine rings is 1. The first kappa shape index (κ1) is 21.3. The molecule has 8 nitrogen and oxygen atoms in total. The van der Waals surface area contributed by atoms with Crippen molar-refractivity contribution in [1.82, 2.24) is 10.2 Å². The number of ether oxygens (including phenoxy) is 1. The van der Waals surface area contributed by atoms with E-state index in [1.54, 1.807) is 31.4 Å². The smallest absolute Gasteiger partial charge is 0.250 e. The molecule has 2 aromatic carbocycles. The van der Waals surface area contributed by atoms with Gasteiger partial charge in [-0.1, -0.05) is 12.1 Å². The number of aromatic nitrogens is 2. The molecule has 32 heavy (non-hydrogen) atoms. The molecule has 0 unspecified atom stereocenters. The number of hydrogen-bond acceptors (Lipinski definition) is 6. The number of anilines is 2. The lowest BCUT2D eigenvalue weighted by molar-refractivity contribution is -0.120. The fraction of sp³-hybridized carbons (Fsp3) is 0.250. The third kappa shape index (κ3) is 4.69. The second-order valence-electron chi connectivity index (χ2n) is 7.67. The van der Waals surface area contributed by atoms with E-state index in [0.717, 1.165) is 22.8 Å². The van der Waals surface area contributed by atoms with Crippen LogP contribution in [-0.4, -0.2) is 42.2 Å². The van der Waals surface area contributed by atoms with Crippen molar-refractivity contribution in [2.45, 2.75) is 12.8 Å². The van der Waals surface area contributed by atoms with Crippen LogP contribution < -0.4 is 20.7 Å². The lowest BCUT2D eigenvalue weighted by atomic mass is 9.95. The van der Waals surface area contributed by atoms with Gasteiger partial charge in [0.25, 0.3) is 5.91 Å². The number of hydrogen-bond donors (Lipinski definition) is 2. The third-order valence-corrected chi connectivity index (χ3v) is 5.68. The lowest BCUT2D eigenvalue weighted by Crippen LogP contribution is -2.38. The van der Waals surface area contributed by atoms with Crippen LogP contribution in [0.3, 0.4) is 0 Å². The van der Waals surface area contributed by atoms with Gasteiger partial charge in [-0.05, 0) is 61.4 Å². The molecular formula is C24H25N5O3. The minimum Gasteiger partial charge on any atom is -0.497 e. The van der Waals surface area contributed by atoms with Crippen molar-refractivity contribution in [1.29, 1.82) is 0 Å². The van der Waals surface area contributed by atoms with Crippen LogP contribution in [0.25, 0.3) is 11.3 Å². The maximum atomic E-state index is 12.7. The predicted octanol–water partition coefficient (Wildman–Crippen LogP) is 3.11. The SMILES string of the molecule is COc1ccc(-c2ccc(N3CCC(C(=O)Nc4ccccc4C(N)=O)CC3)nn2)cc1. The summed E-state index contributed by atoms with van der Waals surface area (Å²) < 4.78 is 5.19. The van der Waals surface area contributed by atoms with E-state index < -0.39 is 5.91 Å². The Morgan fingerprint density at radius 2 is 1.72 bits per heavy atom. The summed E-state index contributed by atoms with van der Waals surface area (Å²) in [4.78, 5) is 26.4. The van der Waals surface area contributed by atoms with E-state index in [1.165, 1.54) is 0 Å². The summed E-state index contributed by atoms with van der Waals surface area (Å²) >= 11 is 0. The quantitative estimate of drug-likeness (QED) is 0.621. The number of primary amides is 1. The van der Waals surface area contributed by atoms with Gasteiger partial charge in [-0.2, -0.15) is 0 Å². The highest BCUT2D eigenvalue weighted by Gasteiger charge is 2.26. The average molecular weight is 431 g/mol. The number of carbonyl (C=O) groups excluding carboxylic acids is 2. The van der Waals surface area contributed by atoms with Crippen LogP contribution in [0.1, 0.15) is 23.2 Å². The molecule has 1 aliphatic heterocycles. The molecule has 0 atom stereocenters. The Morgan fingerprint density at radius 3 is 2.34 bits per heavy atom. The molecule has 0 aliphatic carbocycles. The molecule has 0 bridgehead atoms. The summed E-state index contributed by atoms with van der Waals surface area (Å²) in [5.74, 6) is 0.786. The standard InChI is InChI=1S/C24H25N5O3/c1-32-18-8-6-16(7-9-18)20-10-11-22(28-27-20)29-14-12-17(13-15-29)24(31)26-21-5-3-2-4-19(21)23(25)30/h2-11,17H,12-15H2,1H3,(H2,25,30)(H,26,31). The van der Waals surface area contributed by atoms with Crippen LogP contribution in [0.4, 0.5) is 11.5 Å². The molecule has 2 amide bonds. The number of methoxy groups -OCH3 is 1. The fourth-order valence-electron chi connectivity index (χ4n) is 3.82. The van der Waals surface area contributed by atoms with E-state index in [2.05, 4.69) is 20.4 Å². The fourth-order valence-corrected chi connectivity index (χ4v) is 3.82. The normalized spacial score (nSPS) is 14.1. The first-order chi connectivity index (χ1) is 15.5. The van der Waals surface area contributed by atoms with Gasteiger partial charge in [-0.25, -0.2) is 0 Å². The van der Waals surface area contributed by atoms with Gasteiger partial charge < -0.3 is 20.7 Å². The second kappa shape index (κ2) is 9.47. The Hall–Kier alpha value is -3.94. The Balaban J connectivity index is 1.35. The van der Waals surface area contributed by atoms with E-state index in [-0.39, 0.29) is 11.8 Å². The van der Waals surface area contributed by atoms with Crippen molar-refractivity contribution < 1.29 is 14.3 Å². The summed E-state index contributed by atoms with van der Waals surface area (Å²) in [6.45, 7) is 1.40. The van der Waals surface area contributed by atoms with E-state index in [1.807, 2.05) is 36.4 Å². The number of benzene rings is 2. The highest BCUT2D eigenvalue weighted by atomic mass is 16.5. The van der Waals surface area contributed by atoms with Crippen LogP contribution >= 0.6 is 0 Å². The first-order valence-corrected chi connectivity index (χ1v) is 10.5. The average Bonchev–Trinajstić information content (AvgIpc) is 2.84. The van der Waals surface area contributed by atoms with Gasteiger partial charge >= 0.3 is 0 Å². The number of nitrogens with two attached hydrogens (primary N) is 1. The first-order valence-electron chi connectivity index (χ1n) is 10.5. The maximum absolute atomic E-state index is 12.7. The highest BCUT2D eigenvalue weighted by molar-refractivity contribution is 6.03. The van der Waals surface area contributed by atoms with E-state index in [4.69, 9.17) is 10.5 Å². The molecule has 2 heterocycles. The molecule has 3 N–H and O–H groups in total. The van der Waals surface area contributed by atoms with Crippen LogP contribution in [0.2, 0.25) is 0 Å². The monoisotopic (exact) mass is 431 g/mol. The predicted molar refractivity (Wildman–Crippen MR) is 123 cm³/mol. The second-order valence-corrected chi connectivity index (χ2v) is 7.67. The summed E-state index contributed by atoms with van der Waals surface area (Å²) in [6, 6.07) is 18.4. The van der Waals surface area contributed by atoms with Crippen LogP contribution in [0, 0.1) is 5.92 Å². The molecule has 1 aromatic heterocycles. The number of nitrogens with one attached hydrogen (secondary N) is 1. The summed E-state index contributed by atoms with van der Waals surface area (Å²) in [6.07, 6.45) is 1.37. The Labute approximate surface area is 186 Å².